The molecule has 2 bridgehead atoms. The molecule has 1 aliphatic heterocycles. The van der Waals surface area contributed by atoms with Crippen LogP contribution in [0, 0.1) is 11.8 Å². The molecule has 39 heavy (non-hydrogen) atoms. The Kier molecular flexibility index (Phi) is 10.6. The number of ketones is 1. The number of amides is 4. The summed E-state index contributed by atoms with van der Waals surface area (Å²) in [6.07, 6.45) is 8.75. The summed E-state index contributed by atoms with van der Waals surface area (Å²) in [5.74, 6) is -2.22. The molecule has 0 aromatic rings. The van der Waals surface area contributed by atoms with Gasteiger partial charge < -0.3 is 25.6 Å². The van der Waals surface area contributed by atoms with Crippen molar-refractivity contribution in [2.24, 2.45) is 11.8 Å². The van der Waals surface area contributed by atoms with E-state index in [9.17, 15) is 24.0 Å². The van der Waals surface area contributed by atoms with Crippen molar-refractivity contribution < 1.29 is 28.7 Å². The molecule has 2 saturated carbocycles. The number of rotatable bonds is 11. The van der Waals surface area contributed by atoms with E-state index in [2.05, 4.69) is 22.5 Å². The Labute approximate surface area is 232 Å². The van der Waals surface area contributed by atoms with E-state index in [0.717, 1.165) is 44.9 Å². The SMILES string of the molecule is C=CCNC(=O)C(=O)C(CCC)NC(=O)C1C2CCC(C2)N1C(=O)C(NC(=O)OC(C)(C)C)C1CCCCC1. The van der Waals surface area contributed by atoms with Gasteiger partial charge in [0.05, 0.1) is 6.04 Å². The molecule has 0 aromatic carbocycles. The monoisotopic (exact) mass is 546 g/mol. The molecular weight excluding hydrogens is 500 g/mol. The molecule has 10 heteroatoms. The van der Waals surface area contributed by atoms with Crippen molar-refractivity contribution in [2.75, 3.05) is 6.54 Å². The summed E-state index contributed by atoms with van der Waals surface area (Å²) in [5, 5.41) is 8.13. The van der Waals surface area contributed by atoms with Crippen LogP contribution in [0.4, 0.5) is 4.79 Å². The zero-order chi connectivity index (χ0) is 28.7. The predicted molar refractivity (Wildman–Crippen MR) is 147 cm³/mol. The van der Waals surface area contributed by atoms with Crippen molar-refractivity contribution in [1.82, 2.24) is 20.9 Å². The topological polar surface area (TPSA) is 134 Å². The summed E-state index contributed by atoms with van der Waals surface area (Å²) in [4.78, 5) is 67.4. The standard InChI is InChI=1S/C29H46N4O6/c1-6-11-21(24(34)26(36)30-16-7-2)31-25(35)23-19-14-15-20(17-19)33(23)27(37)22(18-12-9-8-10-13-18)32-28(38)39-29(3,4)5/h7,18-23H,2,6,8-17H2,1,3-5H3,(H,30,36)(H,31,35)(H,32,38). The molecule has 3 aliphatic rings. The van der Waals surface area contributed by atoms with Crippen LogP contribution in [0.2, 0.25) is 0 Å². The molecule has 4 amide bonds. The fourth-order valence-corrected chi connectivity index (χ4v) is 6.31. The smallest absolute Gasteiger partial charge is 0.408 e. The highest BCUT2D eigenvalue weighted by Crippen LogP contribution is 2.43. The lowest BCUT2D eigenvalue weighted by molar-refractivity contribution is -0.147. The van der Waals surface area contributed by atoms with Gasteiger partial charge >= 0.3 is 6.09 Å². The Morgan fingerprint density at radius 3 is 2.33 bits per heavy atom. The van der Waals surface area contributed by atoms with Gasteiger partial charge in [0.15, 0.2) is 0 Å². The Bertz CT molecular complexity index is 939. The average molecular weight is 547 g/mol. The van der Waals surface area contributed by atoms with Gasteiger partial charge in [-0.3, -0.25) is 19.2 Å². The number of carbonyl (C=O) groups is 5. The third-order valence-electron chi connectivity index (χ3n) is 8.01. The summed E-state index contributed by atoms with van der Waals surface area (Å²) in [5.41, 5.74) is -0.710. The largest absolute Gasteiger partial charge is 0.444 e. The van der Waals surface area contributed by atoms with Crippen molar-refractivity contribution in [3.8, 4) is 0 Å². The van der Waals surface area contributed by atoms with Crippen molar-refractivity contribution >= 4 is 29.6 Å². The molecule has 0 aromatic heterocycles. The molecule has 0 spiro atoms. The highest BCUT2D eigenvalue weighted by atomic mass is 16.6. The minimum Gasteiger partial charge on any atom is -0.444 e. The average Bonchev–Trinajstić information content (AvgIpc) is 3.51. The highest BCUT2D eigenvalue weighted by Gasteiger charge is 2.53. The molecule has 1 saturated heterocycles. The number of alkyl carbamates (subject to hydrolysis) is 1. The lowest BCUT2D eigenvalue weighted by Crippen LogP contribution is -2.61. The number of hydrogen-bond donors (Lipinski definition) is 3. The third kappa shape index (κ3) is 7.82. The fourth-order valence-electron chi connectivity index (χ4n) is 6.31. The number of hydrogen-bond acceptors (Lipinski definition) is 6. The summed E-state index contributed by atoms with van der Waals surface area (Å²) in [6, 6.07) is -2.60. The second-order valence-corrected chi connectivity index (χ2v) is 12.2. The first-order chi connectivity index (χ1) is 18.5. The van der Waals surface area contributed by atoms with Crippen LogP contribution in [0.25, 0.3) is 0 Å². The van der Waals surface area contributed by atoms with E-state index in [4.69, 9.17) is 4.74 Å². The number of fused-ring (bicyclic) bond motifs is 2. The molecule has 5 atom stereocenters. The number of piperidine rings is 1. The van der Waals surface area contributed by atoms with Gasteiger partial charge in [-0.1, -0.05) is 38.7 Å². The molecule has 10 nitrogen and oxygen atoms in total. The van der Waals surface area contributed by atoms with Crippen molar-refractivity contribution in [3.05, 3.63) is 12.7 Å². The predicted octanol–water partition coefficient (Wildman–Crippen LogP) is 3.00. The van der Waals surface area contributed by atoms with Crippen LogP contribution in [0.5, 0.6) is 0 Å². The van der Waals surface area contributed by atoms with Crippen LogP contribution < -0.4 is 16.0 Å². The number of nitrogens with one attached hydrogen (secondary N) is 3. The summed E-state index contributed by atoms with van der Waals surface area (Å²) >= 11 is 0. The number of carbonyl (C=O) groups excluding carboxylic acids is 5. The summed E-state index contributed by atoms with van der Waals surface area (Å²) in [6.45, 7) is 10.9. The number of ether oxygens (including phenoxy) is 1. The Hall–Kier alpha value is -2.91. The van der Waals surface area contributed by atoms with Crippen LogP contribution in [0.15, 0.2) is 12.7 Å². The molecule has 3 rings (SSSR count). The normalized spacial score (nSPS) is 24.4. The lowest BCUT2D eigenvalue weighted by Gasteiger charge is -2.40. The van der Waals surface area contributed by atoms with E-state index in [1.165, 1.54) is 6.08 Å². The lowest BCUT2D eigenvalue weighted by atomic mass is 9.83. The van der Waals surface area contributed by atoms with Gasteiger partial charge in [0.1, 0.15) is 17.7 Å². The Morgan fingerprint density at radius 1 is 1.03 bits per heavy atom. The zero-order valence-corrected chi connectivity index (χ0v) is 23.9. The highest BCUT2D eigenvalue weighted by molar-refractivity contribution is 6.38. The maximum absolute atomic E-state index is 14.2. The molecule has 5 unspecified atom stereocenters. The molecule has 2 aliphatic carbocycles. The van der Waals surface area contributed by atoms with Crippen LogP contribution >= 0.6 is 0 Å². The van der Waals surface area contributed by atoms with Gasteiger partial charge in [0, 0.05) is 12.6 Å². The summed E-state index contributed by atoms with van der Waals surface area (Å²) < 4.78 is 5.48. The maximum Gasteiger partial charge on any atom is 0.408 e. The Balaban J connectivity index is 1.81. The van der Waals surface area contributed by atoms with E-state index < -0.39 is 47.4 Å². The Morgan fingerprint density at radius 2 is 1.72 bits per heavy atom. The number of likely N-dealkylation sites (tertiary alicyclic amines) is 1. The van der Waals surface area contributed by atoms with Crippen molar-refractivity contribution in [2.45, 2.75) is 122 Å². The first-order valence-corrected chi connectivity index (χ1v) is 14.5. The fraction of sp³-hybridized carbons (Fsp3) is 0.759. The first kappa shape index (κ1) is 30.6. The minimum atomic E-state index is -0.975. The quantitative estimate of drug-likeness (QED) is 0.269. The molecule has 218 valence electrons. The molecule has 3 fully saturated rings. The zero-order valence-electron chi connectivity index (χ0n) is 23.9. The van der Waals surface area contributed by atoms with Crippen LogP contribution in [-0.4, -0.2) is 70.8 Å². The summed E-state index contributed by atoms with van der Waals surface area (Å²) in [7, 11) is 0. The van der Waals surface area contributed by atoms with E-state index in [0.29, 0.717) is 19.3 Å². The second-order valence-electron chi connectivity index (χ2n) is 12.2. The number of Topliss-reactive ketones (excluding diaryl/α,β-unsaturated/α-hetero) is 1. The van der Waals surface area contributed by atoms with E-state index in [1.807, 2.05) is 6.92 Å². The first-order valence-electron chi connectivity index (χ1n) is 14.5. The van der Waals surface area contributed by atoms with E-state index >= 15 is 0 Å². The molecule has 1 heterocycles. The second kappa shape index (κ2) is 13.4. The van der Waals surface area contributed by atoms with Gasteiger partial charge in [0.2, 0.25) is 17.6 Å². The van der Waals surface area contributed by atoms with Gasteiger partial charge in [-0.15, -0.1) is 6.58 Å². The maximum atomic E-state index is 14.2. The van der Waals surface area contributed by atoms with Gasteiger partial charge in [0.25, 0.3) is 5.91 Å². The van der Waals surface area contributed by atoms with Gasteiger partial charge in [-0.25, -0.2) is 4.79 Å². The third-order valence-corrected chi connectivity index (χ3v) is 8.01. The van der Waals surface area contributed by atoms with Crippen LogP contribution in [-0.2, 0) is 23.9 Å². The van der Waals surface area contributed by atoms with Crippen molar-refractivity contribution in [1.29, 1.82) is 0 Å². The molecular formula is C29H46N4O6. The van der Waals surface area contributed by atoms with Crippen LogP contribution in [0.1, 0.15) is 91.9 Å². The van der Waals surface area contributed by atoms with Gasteiger partial charge in [-0.05, 0) is 71.1 Å². The van der Waals surface area contributed by atoms with E-state index in [1.54, 1.807) is 25.7 Å². The van der Waals surface area contributed by atoms with E-state index in [-0.39, 0.29) is 30.3 Å². The van der Waals surface area contributed by atoms with Crippen molar-refractivity contribution in [3.63, 3.8) is 0 Å². The minimum absolute atomic E-state index is 0.0283. The number of nitrogens with zero attached hydrogens (tertiary/aromatic N) is 1. The molecule has 0 radical (unpaired) electrons. The van der Waals surface area contributed by atoms with Gasteiger partial charge in [-0.2, -0.15) is 0 Å². The van der Waals surface area contributed by atoms with Crippen LogP contribution in [0.3, 0.4) is 0 Å². The molecule has 3 N–H and O–H groups in total.